The van der Waals surface area contributed by atoms with Gasteiger partial charge in [-0.25, -0.2) is 9.37 Å². The molecule has 1 atom stereocenters. The Labute approximate surface area is 162 Å². The van der Waals surface area contributed by atoms with Gasteiger partial charge in [-0.2, -0.15) is 0 Å². The van der Waals surface area contributed by atoms with Crippen LogP contribution in [-0.4, -0.2) is 53.5 Å². The number of anilines is 1. The molecule has 1 unspecified atom stereocenters. The summed E-state index contributed by atoms with van der Waals surface area (Å²) in [6, 6.07) is 12.2. The van der Waals surface area contributed by atoms with Crippen LogP contribution >= 0.6 is 0 Å². The topological polar surface area (TPSA) is 62.7 Å². The van der Waals surface area contributed by atoms with Crippen molar-refractivity contribution in [2.45, 2.75) is 24.9 Å². The van der Waals surface area contributed by atoms with Gasteiger partial charge >= 0.3 is 0 Å². The predicted octanol–water partition coefficient (Wildman–Crippen LogP) is 2.65. The molecule has 0 N–H and O–H groups in total. The van der Waals surface area contributed by atoms with Gasteiger partial charge in [-0.15, -0.1) is 0 Å². The molecule has 2 aromatic rings. The number of carbonyl (C=O) groups is 2. The zero-order chi connectivity index (χ0) is 19.6. The zero-order valence-corrected chi connectivity index (χ0v) is 15.5. The average molecular weight is 383 g/mol. The molecule has 1 aromatic carbocycles. The van der Waals surface area contributed by atoms with Gasteiger partial charge in [0.25, 0.3) is 11.8 Å². The molecule has 0 saturated carbocycles. The van der Waals surface area contributed by atoms with E-state index in [0.29, 0.717) is 26.1 Å². The van der Waals surface area contributed by atoms with Gasteiger partial charge in [0.05, 0.1) is 12.1 Å². The van der Waals surface area contributed by atoms with Crippen LogP contribution in [0.15, 0.2) is 48.7 Å². The van der Waals surface area contributed by atoms with Crippen molar-refractivity contribution in [1.82, 2.24) is 9.88 Å². The van der Waals surface area contributed by atoms with E-state index in [4.69, 9.17) is 4.74 Å². The maximum Gasteiger partial charge on any atom is 0.275 e. The summed E-state index contributed by atoms with van der Waals surface area (Å²) in [6.45, 7) is 1.43. The molecule has 2 aliphatic rings. The Morgan fingerprint density at radius 2 is 1.93 bits per heavy atom. The van der Waals surface area contributed by atoms with Gasteiger partial charge in [0, 0.05) is 25.0 Å². The Kier molecular flexibility index (Phi) is 5.09. The molecular formula is C21H22FN3O3. The van der Waals surface area contributed by atoms with Crippen LogP contribution < -0.4 is 4.90 Å². The number of aromatic nitrogens is 1. The molecule has 146 valence electrons. The van der Waals surface area contributed by atoms with E-state index >= 15 is 0 Å². The predicted molar refractivity (Wildman–Crippen MR) is 101 cm³/mol. The SMILES string of the molecule is O=C(c1ncccc1F)N1CCCC2(CC1)CN(c1ccccc1)C(=O)CO2. The van der Waals surface area contributed by atoms with Gasteiger partial charge in [-0.1, -0.05) is 18.2 Å². The fourth-order valence-corrected chi connectivity index (χ4v) is 3.92. The number of ether oxygens (including phenoxy) is 1. The monoisotopic (exact) mass is 383 g/mol. The number of morpholine rings is 1. The van der Waals surface area contributed by atoms with Crippen LogP contribution in [0.3, 0.4) is 0 Å². The number of para-hydroxylation sites is 1. The summed E-state index contributed by atoms with van der Waals surface area (Å²) in [5, 5.41) is 0. The lowest BCUT2D eigenvalue weighted by Gasteiger charge is -2.42. The summed E-state index contributed by atoms with van der Waals surface area (Å²) < 4.78 is 19.9. The summed E-state index contributed by atoms with van der Waals surface area (Å²) >= 11 is 0. The lowest BCUT2D eigenvalue weighted by Crippen LogP contribution is -2.55. The first-order valence-corrected chi connectivity index (χ1v) is 9.47. The lowest BCUT2D eigenvalue weighted by atomic mass is 9.92. The molecule has 1 aromatic heterocycles. The summed E-state index contributed by atoms with van der Waals surface area (Å²) in [4.78, 5) is 32.4. The van der Waals surface area contributed by atoms with Gasteiger partial charge in [0.1, 0.15) is 6.61 Å². The minimum Gasteiger partial charge on any atom is -0.363 e. The first kappa shape index (κ1) is 18.6. The van der Waals surface area contributed by atoms with Crippen LogP contribution in [0.4, 0.5) is 10.1 Å². The Hall–Kier alpha value is -2.80. The van der Waals surface area contributed by atoms with Crippen LogP contribution in [-0.2, 0) is 9.53 Å². The van der Waals surface area contributed by atoms with Crippen molar-refractivity contribution in [3.8, 4) is 0 Å². The lowest BCUT2D eigenvalue weighted by molar-refractivity contribution is -0.140. The molecule has 7 heteroatoms. The van der Waals surface area contributed by atoms with Crippen molar-refractivity contribution in [1.29, 1.82) is 0 Å². The number of benzene rings is 1. The average Bonchev–Trinajstić information content (AvgIpc) is 2.93. The maximum atomic E-state index is 13.9. The Balaban J connectivity index is 1.49. The second-order valence-corrected chi connectivity index (χ2v) is 7.27. The highest BCUT2D eigenvalue weighted by molar-refractivity contribution is 5.95. The fourth-order valence-electron chi connectivity index (χ4n) is 3.92. The van der Waals surface area contributed by atoms with Gasteiger partial charge in [0.2, 0.25) is 0 Å². The molecule has 4 rings (SSSR count). The van der Waals surface area contributed by atoms with Gasteiger partial charge in [-0.05, 0) is 43.5 Å². The van der Waals surface area contributed by atoms with Crippen LogP contribution in [0.1, 0.15) is 29.8 Å². The van der Waals surface area contributed by atoms with E-state index in [0.717, 1.165) is 18.5 Å². The van der Waals surface area contributed by atoms with Gasteiger partial charge < -0.3 is 14.5 Å². The fraction of sp³-hybridized carbons (Fsp3) is 0.381. The first-order valence-electron chi connectivity index (χ1n) is 9.47. The highest BCUT2D eigenvalue weighted by Gasteiger charge is 2.42. The highest BCUT2D eigenvalue weighted by atomic mass is 19.1. The molecule has 0 aliphatic carbocycles. The van der Waals surface area contributed by atoms with Crippen molar-refractivity contribution >= 4 is 17.5 Å². The Morgan fingerprint density at radius 1 is 1.11 bits per heavy atom. The largest absolute Gasteiger partial charge is 0.363 e. The number of amides is 2. The molecule has 0 radical (unpaired) electrons. The number of likely N-dealkylation sites (tertiary alicyclic amines) is 1. The van der Waals surface area contributed by atoms with E-state index < -0.39 is 17.3 Å². The first-order chi connectivity index (χ1) is 13.6. The van der Waals surface area contributed by atoms with Crippen molar-refractivity contribution < 1.29 is 18.7 Å². The van der Waals surface area contributed by atoms with Crippen LogP contribution in [0.25, 0.3) is 0 Å². The number of hydrogen-bond donors (Lipinski definition) is 0. The van der Waals surface area contributed by atoms with Crippen LogP contribution in [0, 0.1) is 5.82 Å². The third-order valence-electron chi connectivity index (χ3n) is 5.46. The third-order valence-corrected chi connectivity index (χ3v) is 5.46. The number of halogens is 1. The van der Waals surface area contributed by atoms with Gasteiger partial charge in [0.15, 0.2) is 11.5 Å². The Morgan fingerprint density at radius 3 is 2.71 bits per heavy atom. The molecule has 1 spiro atoms. The van der Waals surface area contributed by atoms with Crippen LogP contribution in [0.2, 0.25) is 0 Å². The van der Waals surface area contributed by atoms with E-state index in [9.17, 15) is 14.0 Å². The number of carbonyl (C=O) groups excluding carboxylic acids is 2. The smallest absolute Gasteiger partial charge is 0.275 e. The van der Waals surface area contributed by atoms with Crippen molar-refractivity contribution in [2.75, 3.05) is 31.1 Å². The summed E-state index contributed by atoms with van der Waals surface area (Å²) in [5.74, 6) is -1.08. The standard InChI is InChI=1S/C21H22FN3O3/c22-17-8-4-11-23-19(17)20(27)24-12-5-9-21(10-13-24)15-25(18(26)14-28-21)16-6-2-1-3-7-16/h1-4,6-8,11H,5,9-10,12-15H2. The second-order valence-electron chi connectivity index (χ2n) is 7.27. The molecular weight excluding hydrogens is 361 g/mol. The van der Waals surface area contributed by atoms with E-state index in [2.05, 4.69) is 4.98 Å². The molecule has 0 bridgehead atoms. The highest BCUT2D eigenvalue weighted by Crippen LogP contribution is 2.33. The van der Waals surface area contributed by atoms with E-state index in [1.807, 2.05) is 30.3 Å². The van der Waals surface area contributed by atoms with E-state index in [1.165, 1.54) is 18.3 Å². The minimum atomic E-state index is -0.610. The molecule has 2 saturated heterocycles. The van der Waals surface area contributed by atoms with Crippen molar-refractivity contribution in [3.63, 3.8) is 0 Å². The van der Waals surface area contributed by atoms with Crippen molar-refractivity contribution in [3.05, 3.63) is 60.2 Å². The minimum absolute atomic E-state index is 0.0255. The zero-order valence-electron chi connectivity index (χ0n) is 15.5. The molecule has 2 amide bonds. The number of pyridine rings is 1. The van der Waals surface area contributed by atoms with Gasteiger partial charge in [-0.3, -0.25) is 9.59 Å². The normalized spacial score (nSPS) is 23.0. The molecule has 6 nitrogen and oxygen atoms in total. The van der Waals surface area contributed by atoms with E-state index in [-0.39, 0.29) is 18.2 Å². The van der Waals surface area contributed by atoms with E-state index in [1.54, 1.807) is 9.80 Å². The molecule has 3 heterocycles. The number of nitrogens with zero attached hydrogens (tertiary/aromatic N) is 3. The molecule has 28 heavy (non-hydrogen) atoms. The Bertz CT molecular complexity index is 876. The quantitative estimate of drug-likeness (QED) is 0.800. The summed E-state index contributed by atoms with van der Waals surface area (Å²) in [6.07, 6.45) is 3.46. The molecule has 2 aliphatic heterocycles. The van der Waals surface area contributed by atoms with Crippen LogP contribution in [0.5, 0.6) is 0 Å². The number of hydrogen-bond acceptors (Lipinski definition) is 4. The summed E-state index contributed by atoms with van der Waals surface area (Å²) in [7, 11) is 0. The van der Waals surface area contributed by atoms with Crippen molar-refractivity contribution in [2.24, 2.45) is 0 Å². The molecule has 2 fully saturated rings. The summed E-state index contributed by atoms with van der Waals surface area (Å²) in [5.41, 5.74) is 0.202. The second kappa shape index (κ2) is 7.67. The third kappa shape index (κ3) is 3.62. The number of rotatable bonds is 2. The maximum absolute atomic E-state index is 13.9.